The molecule has 1 atom stereocenters. The van der Waals surface area contributed by atoms with Gasteiger partial charge in [-0.25, -0.2) is 0 Å². The van der Waals surface area contributed by atoms with Gasteiger partial charge in [0, 0.05) is 18.5 Å². The van der Waals surface area contributed by atoms with Gasteiger partial charge in [-0.15, -0.1) is 0 Å². The molecular formula is C26H42N2O4. The Balaban J connectivity index is 2.71. The summed E-state index contributed by atoms with van der Waals surface area (Å²) in [6.07, 6.45) is 9.70. The van der Waals surface area contributed by atoms with Gasteiger partial charge < -0.3 is 15.2 Å². The average Bonchev–Trinajstić information content (AvgIpc) is 2.77. The molecule has 1 rings (SSSR count). The topological polar surface area (TPSA) is 78.9 Å². The van der Waals surface area contributed by atoms with Gasteiger partial charge in [-0.2, -0.15) is 0 Å². The minimum atomic E-state index is -0.884. The first kappa shape index (κ1) is 27.7. The molecule has 0 spiro atoms. The summed E-state index contributed by atoms with van der Waals surface area (Å²) in [7, 11) is 1.55. The predicted molar refractivity (Wildman–Crippen MR) is 130 cm³/mol. The Morgan fingerprint density at radius 2 is 1.94 bits per heavy atom. The number of rotatable bonds is 16. The van der Waals surface area contributed by atoms with E-state index in [9.17, 15) is 14.7 Å². The number of methoxy groups -OCH3 is 1. The van der Waals surface area contributed by atoms with Gasteiger partial charge in [-0.1, -0.05) is 58.4 Å². The molecule has 0 fully saturated rings. The molecule has 1 unspecified atom stereocenters. The predicted octanol–water partition coefficient (Wildman–Crippen LogP) is 5.33. The van der Waals surface area contributed by atoms with Crippen LogP contribution in [-0.2, 0) is 16.1 Å². The lowest BCUT2D eigenvalue weighted by Crippen LogP contribution is -2.35. The minimum Gasteiger partial charge on any atom is -0.496 e. The van der Waals surface area contributed by atoms with Crippen LogP contribution in [0.4, 0.5) is 0 Å². The van der Waals surface area contributed by atoms with Gasteiger partial charge >= 0.3 is 5.97 Å². The number of aliphatic carboxylic acids is 1. The van der Waals surface area contributed by atoms with E-state index in [1.807, 2.05) is 30.0 Å². The molecule has 1 aromatic carbocycles. The quantitative estimate of drug-likeness (QED) is 0.265. The third-order valence-corrected chi connectivity index (χ3v) is 5.43. The number of ether oxygens (including phenoxy) is 1. The van der Waals surface area contributed by atoms with Gasteiger partial charge in [0.15, 0.2) is 0 Å². The van der Waals surface area contributed by atoms with Crippen LogP contribution in [0.2, 0.25) is 0 Å². The maximum absolute atomic E-state index is 12.2. The highest BCUT2D eigenvalue weighted by Crippen LogP contribution is 2.31. The van der Waals surface area contributed by atoms with E-state index in [0.29, 0.717) is 36.7 Å². The number of carbonyl (C=O) groups excluding carboxylic acids is 1. The highest BCUT2D eigenvalue weighted by molar-refractivity contribution is 5.77. The monoisotopic (exact) mass is 446 g/mol. The molecule has 1 amide bonds. The van der Waals surface area contributed by atoms with Crippen LogP contribution >= 0.6 is 0 Å². The lowest BCUT2D eigenvalue weighted by molar-refractivity contribution is -0.143. The maximum atomic E-state index is 12.2. The fourth-order valence-electron chi connectivity index (χ4n) is 3.61. The number of hydrogen-bond acceptors (Lipinski definition) is 4. The summed E-state index contributed by atoms with van der Waals surface area (Å²) in [5.74, 6) is 0.247. The van der Waals surface area contributed by atoms with Crippen LogP contribution in [0.5, 0.6) is 5.75 Å². The maximum Gasteiger partial charge on any atom is 0.325 e. The molecule has 0 radical (unpaired) electrons. The van der Waals surface area contributed by atoms with Crippen LogP contribution in [0.25, 0.3) is 0 Å². The second kappa shape index (κ2) is 15.5. The summed E-state index contributed by atoms with van der Waals surface area (Å²) in [4.78, 5) is 26.2. The number of benzene rings is 1. The molecule has 0 saturated heterocycles. The van der Waals surface area contributed by atoms with E-state index >= 15 is 0 Å². The second-order valence-electron chi connectivity index (χ2n) is 8.49. The zero-order valence-corrected chi connectivity index (χ0v) is 20.5. The zero-order chi connectivity index (χ0) is 23.9. The average molecular weight is 447 g/mol. The summed E-state index contributed by atoms with van der Waals surface area (Å²) in [5.41, 5.74) is 1.53. The zero-order valence-electron chi connectivity index (χ0n) is 20.5. The van der Waals surface area contributed by atoms with Gasteiger partial charge in [-0.05, 0) is 56.3 Å². The van der Waals surface area contributed by atoms with Gasteiger partial charge in [0.2, 0.25) is 5.91 Å². The first-order valence-electron chi connectivity index (χ1n) is 11.9. The Bertz CT molecular complexity index is 731. The molecule has 1 aromatic rings. The Morgan fingerprint density at radius 3 is 2.53 bits per heavy atom. The van der Waals surface area contributed by atoms with Crippen molar-refractivity contribution < 1.29 is 19.4 Å². The molecule has 0 aliphatic carbocycles. The van der Waals surface area contributed by atoms with Gasteiger partial charge in [-0.3, -0.25) is 14.5 Å². The molecule has 32 heavy (non-hydrogen) atoms. The van der Waals surface area contributed by atoms with Crippen LogP contribution in [0.3, 0.4) is 0 Å². The molecule has 0 aromatic heterocycles. The lowest BCUT2D eigenvalue weighted by atomic mass is 10.0. The van der Waals surface area contributed by atoms with Gasteiger partial charge in [0.25, 0.3) is 0 Å². The van der Waals surface area contributed by atoms with E-state index in [4.69, 9.17) is 4.74 Å². The first-order valence-corrected chi connectivity index (χ1v) is 11.9. The van der Waals surface area contributed by atoms with E-state index < -0.39 is 12.0 Å². The molecule has 0 aliphatic rings. The van der Waals surface area contributed by atoms with Gasteiger partial charge in [0.05, 0.1) is 7.11 Å². The number of carbonyl (C=O) groups is 2. The molecule has 0 heterocycles. The van der Waals surface area contributed by atoms with Crippen molar-refractivity contribution in [1.82, 2.24) is 10.2 Å². The molecule has 180 valence electrons. The Hall–Kier alpha value is -2.34. The Kier molecular flexibility index (Phi) is 13.4. The van der Waals surface area contributed by atoms with E-state index in [1.54, 1.807) is 7.11 Å². The number of unbranched alkanes of at least 4 members (excludes halogenated alkanes) is 3. The number of carboxylic acid groups (broad SMARTS) is 1. The summed E-state index contributed by atoms with van der Waals surface area (Å²) < 4.78 is 5.53. The standard InChI is InChI=1S/C26H42N2O4/c1-6-8-17-28(7-2)25(26(30)31)22-16-15-21(18-23(22)32-5)19-27-24(29)14-12-10-9-11-13-20(3)4/h11,13,15-16,18,20,25H,6-10,12,14,17,19H2,1-5H3,(H,27,29)(H,30,31). The number of amides is 1. The molecule has 0 saturated carbocycles. The summed E-state index contributed by atoms with van der Waals surface area (Å²) in [5, 5.41) is 12.9. The summed E-state index contributed by atoms with van der Waals surface area (Å²) in [6, 6.07) is 4.76. The number of nitrogens with zero attached hydrogens (tertiary/aromatic N) is 1. The molecule has 0 aliphatic heterocycles. The fraction of sp³-hybridized carbons (Fsp3) is 0.615. The number of likely N-dealkylation sites (N-methyl/N-ethyl adjacent to an activating group) is 1. The minimum absolute atomic E-state index is 0.0287. The smallest absolute Gasteiger partial charge is 0.325 e. The van der Waals surface area contributed by atoms with Crippen molar-refractivity contribution in [2.45, 2.75) is 78.8 Å². The second-order valence-corrected chi connectivity index (χ2v) is 8.49. The van der Waals surface area contributed by atoms with Crippen molar-refractivity contribution >= 4 is 11.9 Å². The Labute approximate surface area is 194 Å². The molecule has 6 nitrogen and oxygen atoms in total. The molecule has 0 bridgehead atoms. The molecular weight excluding hydrogens is 404 g/mol. The van der Waals surface area contributed by atoms with E-state index in [-0.39, 0.29) is 5.91 Å². The van der Waals surface area contributed by atoms with Crippen molar-refractivity contribution in [1.29, 1.82) is 0 Å². The SMILES string of the molecule is CCCCN(CC)C(C(=O)O)c1ccc(CNC(=O)CCCCC=CC(C)C)cc1OC. The van der Waals surface area contributed by atoms with Crippen LogP contribution in [0.15, 0.2) is 30.4 Å². The molecule has 2 N–H and O–H groups in total. The third kappa shape index (κ3) is 9.86. The highest BCUT2D eigenvalue weighted by Gasteiger charge is 2.29. The number of carboxylic acids is 1. The fourth-order valence-corrected chi connectivity index (χ4v) is 3.61. The third-order valence-electron chi connectivity index (χ3n) is 5.43. The van der Waals surface area contributed by atoms with E-state index in [0.717, 1.165) is 44.2 Å². The van der Waals surface area contributed by atoms with E-state index in [1.165, 1.54) is 0 Å². The van der Waals surface area contributed by atoms with Crippen LogP contribution in [0, 0.1) is 5.92 Å². The first-order chi connectivity index (χ1) is 15.3. The molecule has 6 heteroatoms. The lowest BCUT2D eigenvalue weighted by Gasteiger charge is -2.29. The van der Waals surface area contributed by atoms with Crippen LogP contribution in [0.1, 0.15) is 83.4 Å². The summed E-state index contributed by atoms with van der Waals surface area (Å²) in [6.45, 7) is 10.1. The normalized spacial score (nSPS) is 12.5. The number of hydrogen-bond donors (Lipinski definition) is 2. The number of nitrogens with one attached hydrogen (secondary N) is 1. The largest absolute Gasteiger partial charge is 0.496 e. The van der Waals surface area contributed by atoms with Gasteiger partial charge in [0.1, 0.15) is 11.8 Å². The van der Waals surface area contributed by atoms with E-state index in [2.05, 4.69) is 38.2 Å². The van der Waals surface area contributed by atoms with Crippen molar-refractivity contribution in [3.63, 3.8) is 0 Å². The van der Waals surface area contributed by atoms with Crippen molar-refractivity contribution in [3.8, 4) is 5.75 Å². The number of allylic oxidation sites excluding steroid dienone is 2. The summed E-state index contributed by atoms with van der Waals surface area (Å²) >= 11 is 0. The van der Waals surface area contributed by atoms with Crippen molar-refractivity contribution in [2.24, 2.45) is 5.92 Å². The Morgan fingerprint density at radius 1 is 1.19 bits per heavy atom. The van der Waals surface area contributed by atoms with Crippen LogP contribution < -0.4 is 10.1 Å². The van der Waals surface area contributed by atoms with Crippen molar-refractivity contribution in [3.05, 3.63) is 41.5 Å². The van der Waals surface area contributed by atoms with Crippen molar-refractivity contribution in [2.75, 3.05) is 20.2 Å². The highest BCUT2D eigenvalue weighted by atomic mass is 16.5. The van der Waals surface area contributed by atoms with Crippen LogP contribution in [-0.4, -0.2) is 42.1 Å².